The van der Waals surface area contributed by atoms with Crippen LogP contribution in [0.3, 0.4) is 0 Å². The van der Waals surface area contributed by atoms with Gasteiger partial charge < -0.3 is 0 Å². The van der Waals surface area contributed by atoms with Crippen molar-refractivity contribution in [2.75, 3.05) is 0 Å². The van der Waals surface area contributed by atoms with E-state index in [0.717, 1.165) is 42.9 Å². The van der Waals surface area contributed by atoms with Crippen molar-refractivity contribution >= 4 is 0 Å². The fourth-order valence-electron chi connectivity index (χ4n) is 4.69. The molecule has 1 fully saturated rings. The van der Waals surface area contributed by atoms with Gasteiger partial charge in [0.05, 0.1) is 34.8 Å². The van der Waals surface area contributed by atoms with Crippen LogP contribution in [0, 0.1) is 6.92 Å². The largest absolute Gasteiger partial charge is 0.418 e. The first-order valence-electron chi connectivity index (χ1n) is 11.0. The van der Waals surface area contributed by atoms with Gasteiger partial charge in [-0.1, -0.05) is 19.3 Å². The standard InChI is InChI=1S/C23H24F5N5O/c1-13-19(21(24)25)20(32(2)30-13)17-11-15(14-7-4-3-5-8-14)22(34)33(31-17)12-18-16(23(26,27)28)9-6-10-29-18/h6,9-11,14,21H,3-5,7-8,12H2,1-2H3. The molecule has 0 atom stereocenters. The minimum atomic E-state index is -4.67. The van der Waals surface area contributed by atoms with Crippen LogP contribution in [0.4, 0.5) is 22.0 Å². The second-order valence-corrected chi connectivity index (χ2v) is 8.55. The first-order chi connectivity index (χ1) is 16.1. The summed E-state index contributed by atoms with van der Waals surface area (Å²) in [5, 5.41) is 8.32. The van der Waals surface area contributed by atoms with Crippen LogP contribution in [0.5, 0.6) is 0 Å². The maximum Gasteiger partial charge on any atom is 0.418 e. The van der Waals surface area contributed by atoms with E-state index in [1.54, 1.807) is 0 Å². The molecule has 1 aliphatic rings. The molecule has 4 rings (SSSR count). The second-order valence-electron chi connectivity index (χ2n) is 8.55. The van der Waals surface area contributed by atoms with E-state index in [2.05, 4.69) is 15.2 Å². The molecule has 3 aromatic heterocycles. The summed E-state index contributed by atoms with van der Waals surface area (Å²) in [4.78, 5) is 17.2. The van der Waals surface area contributed by atoms with Crippen LogP contribution in [0.2, 0.25) is 0 Å². The van der Waals surface area contributed by atoms with Crippen molar-refractivity contribution in [3.05, 3.63) is 62.8 Å². The van der Waals surface area contributed by atoms with Gasteiger partial charge in [-0.3, -0.25) is 14.5 Å². The Balaban J connectivity index is 1.91. The van der Waals surface area contributed by atoms with Gasteiger partial charge in [0.1, 0.15) is 5.69 Å². The van der Waals surface area contributed by atoms with Crippen LogP contribution in [-0.2, 0) is 19.8 Å². The summed E-state index contributed by atoms with van der Waals surface area (Å²) in [5.41, 5.74) is -1.60. The molecule has 0 unspecified atom stereocenters. The van der Waals surface area contributed by atoms with Gasteiger partial charge >= 0.3 is 6.18 Å². The van der Waals surface area contributed by atoms with Crippen LogP contribution >= 0.6 is 0 Å². The molecular weight excluding hydrogens is 457 g/mol. The van der Waals surface area contributed by atoms with Crippen LogP contribution in [0.15, 0.2) is 29.2 Å². The van der Waals surface area contributed by atoms with Crippen molar-refractivity contribution in [1.29, 1.82) is 0 Å². The smallest absolute Gasteiger partial charge is 0.267 e. The molecule has 0 spiro atoms. The summed E-state index contributed by atoms with van der Waals surface area (Å²) >= 11 is 0. The van der Waals surface area contributed by atoms with Gasteiger partial charge in [-0.2, -0.15) is 23.4 Å². The third-order valence-electron chi connectivity index (χ3n) is 6.27. The molecular formula is C23H24F5N5O. The Bertz CT molecular complexity index is 1240. The molecule has 0 radical (unpaired) electrons. The maximum absolute atomic E-state index is 13.9. The highest BCUT2D eigenvalue weighted by molar-refractivity contribution is 5.61. The number of aryl methyl sites for hydroxylation is 2. The minimum Gasteiger partial charge on any atom is -0.267 e. The topological polar surface area (TPSA) is 65.6 Å². The molecule has 1 aliphatic carbocycles. The Morgan fingerprint density at radius 3 is 2.50 bits per heavy atom. The number of hydrogen-bond acceptors (Lipinski definition) is 4. The first kappa shape index (κ1) is 24.0. The van der Waals surface area contributed by atoms with E-state index in [-0.39, 0.29) is 34.3 Å². The van der Waals surface area contributed by atoms with Crippen LogP contribution in [0.1, 0.15) is 72.5 Å². The first-order valence-corrected chi connectivity index (χ1v) is 11.0. The van der Waals surface area contributed by atoms with Crippen molar-refractivity contribution in [1.82, 2.24) is 24.5 Å². The number of rotatable bonds is 5. The molecule has 11 heteroatoms. The maximum atomic E-state index is 13.9. The summed E-state index contributed by atoms with van der Waals surface area (Å²) in [6.45, 7) is 0.912. The Morgan fingerprint density at radius 1 is 1.15 bits per heavy atom. The zero-order valence-corrected chi connectivity index (χ0v) is 18.7. The normalized spacial score (nSPS) is 15.3. The monoisotopic (exact) mass is 481 g/mol. The Labute approximate surface area is 192 Å². The zero-order chi connectivity index (χ0) is 24.6. The molecule has 0 amide bonds. The summed E-state index contributed by atoms with van der Waals surface area (Å²) in [5.74, 6) is -0.121. The number of nitrogens with zero attached hydrogens (tertiary/aromatic N) is 5. The molecule has 3 aromatic rings. The number of hydrogen-bond donors (Lipinski definition) is 0. The molecule has 0 aliphatic heterocycles. The van der Waals surface area contributed by atoms with Gasteiger partial charge in [0.2, 0.25) is 0 Å². The van der Waals surface area contributed by atoms with Gasteiger partial charge in [0, 0.05) is 18.8 Å². The van der Waals surface area contributed by atoms with Gasteiger partial charge in [-0.15, -0.1) is 0 Å². The lowest BCUT2D eigenvalue weighted by molar-refractivity contribution is -0.138. The van der Waals surface area contributed by atoms with Crippen molar-refractivity contribution in [3.63, 3.8) is 0 Å². The average Bonchev–Trinajstić information content (AvgIpc) is 3.09. The average molecular weight is 481 g/mol. The third-order valence-corrected chi connectivity index (χ3v) is 6.27. The highest BCUT2D eigenvalue weighted by Gasteiger charge is 2.34. The SMILES string of the molecule is Cc1nn(C)c(-c2cc(C3CCCCC3)c(=O)n(Cc3ncccc3C(F)(F)F)n2)c1C(F)F. The van der Waals surface area contributed by atoms with E-state index < -0.39 is 30.3 Å². The van der Waals surface area contributed by atoms with E-state index >= 15 is 0 Å². The number of aromatic nitrogens is 5. The van der Waals surface area contributed by atoms with E-state index in [0.29, 0.717) is 5.56 Å². The summed E-state index contributed by atoms with van der Waals surface area (Å²) < 4.78 is 70.5. The Morgan fingerprint density at radius 2 is 1.85 bits per heavy atom. The number of pyridine rings is 1. The fourth-order valence-corrected chi connectivity index (χ4v) is 4.69. The Hall–Kier alpha value is -3.11. The molecule has 3 heterocycles. The minimum absolute atomic E-state index is 0.0374. The lowest BCUT2D eigenvalue weighted by atomic mass is 9.84. The summed E-state index contributed by atoms with van der Waals surface area (Å²) in [6.07, 6.45) is -1.97. The highest BCUT2D eigenvalue weighted by Crippen LogP contribution is 2.36. The van der Waals surface area contributed by atoms with Crippen LogP contribution < -0.4 is 5.56 Å². The van der Waals surface area contributed by atoms with Gasteiger partial charge in [-0.05, 0) is 43.9 Å². The van der Waals surface area contributed by atoms with Crippen molar-refractivity contribution in [3.8, 4) is 11.4 Å². The molecule has 34 heavy (non-hydrogen) atoms. The number of alkyl halides is 5. The quantitative estimate of drug-likeness (QED) is 0.458. The Kier molecular flexibility index (Phi) is 6.55. The summed E-state index contributed by atoms with van der Waals surface area (Å²) in [6, 6.07) is 3.55. The van der Waals surface area contributed by atoms with Gasteiger partial charge in [0.25, 0.3) is 12.0 Å². The molecule has 1 saturated carbocycles. The van der Waals surface area contributed by atoms with Crippen molar-refractivity contribution < 1.29 is 22.0 Å². The molecule has 0 aromatic carbocycles. The molecule has 0 N–H and O–H groups in total. The van der Waals surface area contributed by atoms with Crippen molar-refractivity contribution in [2.24, 2.45) is 7.05 Å². The van der Waals surface area contributed by atoms with E-state index in [1.165, 1.54) is 37.0 Å². The lowest BCUT2D eigenvalue weighted by Crippen LogP contribution is -2.30. The van der Waals surface area contributed by atoms with Gasteiger partial charge in [-0.25, -0.2) is 13.5 Å². The summed E-state index contributed by atoms with van der Waals surface area (Å²) in [7, 11) is 1.49. The third kappa shape index (κ3) is 4.60. The molecule has 0 bridgehead atoms. The molecule has 182 valence electrons. The lowest BCUT2D eigenvalue weighted by Gasteiger charge is -2.23. The van der Waals surface area contributed by atoms with Crippen LogP contribution in [0.25, 0.3) is 11.4 Å². The number of halogens is 5. The van der Waals surface area contributed by atoms with E-state index in [4.69, 9.17) is 0 Å². The van der Waals surface area contributed by atoms with E-state index in [1.807, 2.05) is 0 Å². The predicted molar refractivity (Wildman–Crippen MR) is 115 cm³/mol. The zero-order valence-electron chi connectivity index (χ0n) is 18.7. The molecule has 6 nitrogen and oxygen atoms in total. The second kappa shape index (κ2) is 9.27. The van der Waals surface area contributed by atoms with Gasteiger partial charge in [0.15, 0.2) is 0 Å². The van der Waals surface area contributed by atoms with Crippen LogP contribution in [-0.4, -0.2) is 24.5 Å². The fraction of sp³-hybridized carbons (Fsp3) is 0.478. The highest BCUT2D eigenvalue weighted by atomic mass is 19.4. The predicted octanol–water partition coefficient (Wildman–Crippen LogP) is 5.40. The van der Waals surface area contributed by atoms with Crippen molar-refractivity contribution in [2.45, 2.75) is 64.1 Å². The molecule has 0 saturated heterocycles. The van der Waals surface area contributed by atoms with E-state index in [9.17, 15) is 26.7 Å².